The van der Waals surface area contributed by atoms with Crippen molar-refractivity contribution in [2.45, 2.75) is 109 Å². The Morgan fingerprint density at radius 1 is 0.643 bits per heavy atom. The van der Waals surface area contributed by atoms with E-state index in [1.807, 2.05) is 0 Å². The molecule has 2 rings (SSSR count). The number of nitrogens with zero attached hydrogens (tertiary/aromatic N) is 4. The third-order valence-electron chi connectivity index (χ3n) is 8.48. The average molecular weight is 838 g/mol. The third-order valence-corrected chi connectivity index (χ3v) is 8.48. The van der Waals surface area contributed by atoms with Gasteiger partial charge in [0.1, 0.15) is 42.9 Å². The Hall–Kier alpha value is -3.93. The second-order valence-corrected chi connectivity index (χ2v) is 13.1. The second kappa shape index (κ2) is 26.1. The van der Waals surface area contributed by atoms with Gasteiger partial charge in [0.05, 0.1) is 12.8 Å². The predicted molar refractivity (Wildman–Crippen MR) is 193 cm³/mol. The molecule has 0 saturated carbocycles. The van der Waals surface area contributed by atoms with E-state index in [1.165, 1.54) is 20.8 Å². The number of carbonyl (C=O) groups is 6. The molecule has 11 N–H and O–H groups in total. The van der Waals surface area contributed by atoms with E-state index in [-0.39, 0.29) is 81.6 Å². The van der Waals surface area contributed by atoms with E-state index in [9.17, 15) is 59.7 Å². The van der Waals surface area contributed by atoms with Crippen LogP contribution in [0, 0.1) is 0 Å². The van der Waals surface area contributed by atoms with Crippen molar-refractivity contribution in [1.82, 2.24) is 41.8 Å². The van der Waals surface area contributed by atoms with Gasteiger partial charge in [0.15, 0.2) is 0 Å². The number of aliphatic hydroxyl groups excluding tert-OH is 3. The van der Waals surface area contributed by atoms with Crippen LogP contribution in [0.15, 0.2) is 35.3 Å². The van der Waals surface area contributed by atoms with E-state index in [2.05, 4.69) is 31.6 Å². The maximum absolute atomic E-state index is 13.8. The zero-order chi connectivity index (χ0) is 41.1. The van der Waals surface area contributed by atoms with Gasteiger partial charge in [0.2, 0.25) is 23.6 Å². The van der Waals surface area contributed by atoms with Gasteiger partial charge in [-0.05, 0) is 64.9 Å². The Morgan fingerprint density at radius 2 is 1.07 bits per heavy atom. The van der Waals surface area contributed by atoms with Crippen molar-refractivity contribution in [3.63, 3.8) is 0 Å². The van der Waals surface area contributed by atoms with E-state index in [0.717, 1.165) is 0 Å². The SMILES string of the molecule is CC(O)N(O)CCCC1NC(=O)C=NC(=O)C(Cc2ccccc2)NC(=O)CNC(=O)C(CCCN(O)C(C)O)NC(=O)C(CCCN(O)C(C)O)NC1=O.[Fe]. The molecule has 1 aromatic carbocycles. The zero-order valence-corrected chi connectivity index (χ0v) is 32.7. The first-order chi connectivity index (χ1) is 26.0. The normalized spacial score (nSPS) is 22.2. The first-order valence-corrected chi connectivity index (χ1v) is 18.0. The quantitative estimate of drug-likeness (QED) is 0.0433. The molecule has 7 unspecified atom stereocenters. The molecule has 0 bridgehead atoms. The number of hydrogen-bond acceptors (Lipinski definition) is 15. The summed E-state index contributed by atoms with van der Waals surface area (Å²) in [5.74, 6) is -5.26. The number of aliphatic hydroxyl groups is 3. The summed E-state index contributed by atoms with van der Waals surface area (Å²) in [7, 11) is 0. The van der Waals surface area contributed by atoms with E-state index in [4.69, 9.17) is 0 Å². The summed E-state index contributed by atoms with van der Waals surface area (Å²) in [6, 6.07) is 3.20. The van der Waals surface area contributed by atoms with Crippen molar-refractivity contribution in [3.05, 3.63) is 35.9 Å². The number of amides is 6. The molecule has 22 heteroatoms. The average Bonchev–Trinajstić information content (AvgIpc) is 3.13. The van der Waals surface area contributed by atoms with Gasteiger partial charge in [-0.2, -0.15) is 15.2 Å². The smallest absolute Gasteiger partial charge is 0.268 e. The Balaban J connectivity index is 0.0000157. The summed E-state index contributed by atoms with van der Waals surface area (Å²) in [6.07, 6.45) is -3.37. The van der Waals surface area contributed by atoms with Crippen molar-refractivity contribution in [3.8, 4) is 0 Å². The van der Waals surface area contributed by atoms with Gasteiger partial charge < -0.3 is 57.5 Å². The van der Waals surface area contributed by atoms with Crippen LogP contribution in [-0.4, -0.2) is 157 Å². The molecule has 0 aromatic heterocycles. The van der Waals surface area contributed by atoms with Gasteiger partial charge in [0, 0.05) is 43.1 Å². The van der Waals surface area contributed by atoms with Gasteiger partial charge in [-0.15, -0.1) is 0 Å². The standard InChI is InChI=1S/C34H55N9O12.Fe/c1-21(44)41(53)15-7-12-25-31(49)35-20-30(48)38-28(18-24-10-5-4-6-11-24)32(50)36-19-29(47)37-26(13-8-16-42(54)22(2)45)33(51)40-27(34(52)39-25)14-9-17-43(55)23(3)46;/h4-6,10-11,19,21-23,25-28,44-46,53-55H,7-9,12-18,20H2,1-3H3,(H,35,49)(H,37,47)(H,38,48)(H,39,52)(H,40,51);. The Labute approximate surface area is 335 Å². The Morgan fingerprint density at radius 3 is 1.52 bits per heavy atom. The molecule has 0 saturated heterocycles. The van der Waals surface area contributed by atoms with Crippen LogP contribution in [0.3, 0.4) is 0 Å². The monoisotopic (exact) mass is 837 g/mol. The van der Waals surface area contributed by atoms with Crippen LogP contribution in [0.25, 0.3) is 0 Å². The predicted octanol–water partition coefficient (Wildman–Crippen LogP) is -2.68. The molecule has 0 radical (unpaired) electrons. The molecule has 316 valence electrons. The molecule has 6 amide bonds. The van der Waals surface area contributed by atoms with Crippen molar-refractivity contribution in [2.24, 2.45) is 4.99 Å². The summed E-state index contributed by atoms with van der Waals surface area (Å²) < 4.78 is 0. The third kappa shape index (κ3) is 18.8. The van der Waals surface area contributed by atoms with Crippen LogP contribution in [0.5, 0.6) is 0 Å². The topological polar surface area (TPSA) is 306 Å². The maximum atomic E-state index is 13.8. The van der Waals surface area contributed by atoms with Crippen LogP contribution in [0.1, 0.15) is 64.9 Å². The summed E-state index contributed by atoms with van der Waals surface area (Å²) in [5, 5.41) is 73.0. The zero-order valence-electron chi connectivity index (χ0n) is 31.6. The fourth-order valence-electron chi connectivity index (χ4n) is 5.29. The van der Waals surface area contributed by atoms with Crippen LogP contribution in [-0.2, 0) is 52.3 Å². The van der Waals surface area contributed by atoms with Crippen molar-refractivity contribution < 1.29 is 76.8 Å². The summed E-state index contributed by atoms with van der Waals surface area (Å²) in [6.45, 7) is 2.91. The fraction of sp³-hybridized carbons (Fsp3) is 0.618. The molecule has 1 aromatic rings. The molecular weight excluding hydrogens is 782 g/mol. The maximum Gasteiger partial charge on any atom is 0.268 e. The van der Waals surface area contributed by atoms with Gasteiger partial charge in [-0.3, -0.25) is 28.8 Å². The minimum absolute atomic E-state index is 0. The number of carbonyl (C=O) groups excluding carboxylic acids is 6. The summed E-state index contributed by atoms with van der Waals surface area (Å²) in [4.78, 5) is 83.9. The molecule has 0 aliphatic carbocycles. The number of aliphatic imine (C=N–C) groups is 1. The van der Waals surface area contributed by atoms with Crippen LogP contribution in [0.4, 0.5) is 0 Å². The number of nitrogens with one attached hydrogen (secondary N) is 5. The minimum Gasteiger partial charge on any atom is -0.377 e. The Bertz CT molecular complexity index is 1440. The molecule has 7 atom stereocenters. The fourth-order valence-corrected chi connectivity index (χ4v) is 5.29. The molecular formula is C34H55FeN9O12. The van der Waals surface area contributed by atoms with Crippen LogP contribution < -0.4 is 26.6 Å². The minimum atomic E-state index is -1.39. The van der Waals surface area contributed by atoms with Gasteiger partial charge in [-0.1, -0.05) is 30.3 Å². The van der Waals surface area contributed by atoms with E-state index >= 15 is 0 Å². The van der Waals surface area contributed by atoms with Gasteiger partial charge >= 0.3 is 0 Å². The summed E-state index contributed by atoms with van der Waals surface area (Å²) >= 11 is 0. The van der Waals surface area contributed by atoms with E-state index in [1.54, 1.807) is 30.3 Å². The molecule has 1 aliphatic rings. The molecule has 1 aliphatic heterocycles. The molecule has 21 nitrogen and oxygen atoms in total. The van der Waals surface area contributed by atoms with Crippen molar-refractivity contribution in [1.29, 1.82) is 0 Å². The van der Waals surface area contributed by atoms with Crippen LogP contribution >= 0.6 is 0 Å². The largest absolute Gasteiger partial charge is 0.377 e. The van der Waals surface area contributed by atoms with E-state index in [0.29, 0.717) is 27.0 Å². The number of hydrogen-bond donors (Lipinski definition) is 11. The number of hydroxylamine groups is 6. The second-order valence-electron chi connectivity index (χ2n) is 13.1. The molecule has 0 spiro atoms. The first-order valence-electron chi connectivity index (χ1n) is 18.0. The summed E-state index contributed by atoms with van der Waals surface area (Å²) in [5.41, 5.74) is 0.642. The van der Waals surface area contributed by atoms with E-state index < -0.39 is 84.8 Å². The number of benzene rings is 1. The van der Waals surface area contributed by atoms with Crippen molar-refractivity contribution >= 4 is 41.7 Å². The van der Waals surface area contributed by atoms with Gasteiger partial charge in [0.25, 0.3) is 11.8 Å². The number of rotatable bonds is 17. The molecule has 1 heterocycles. The Kier molecular flexibility index (Phi) is 23.3. The molecule has 56 heavy (non-hydrogen) atoms. The molecule has 0 fully saturated rings. The van der Waals surface area contributed by atoms with Gasteiger partial charge in [-0.25, -0.2) is 4.99 Å². The first kappa shape index (κ1) is 50.1. The van der Waals surface area contributed by atoms with Crippen LogP contribution in [0.2, 0.25) is 0 Å². The van der Waals surface area contributed by atoms with Crippen molar-refractivity contribution in [2.75, 3.05) is 26.2 Å².